The third-order valence-electron chi connectivity index (χ3n) is 5.23. The van der Waals surface area contributed by atoms with Crippen molar-refractivity contribution in [1.82, 2.24) is 5.32 Å². The van der Waals surface area contributed by atoms with Gasteiger partial charge in [-0.3, -0.25) is 4.79 Å². The van der Waals surface area contributed by atoms with Gasteiger partial charge >= 0.3 is 5.97 Å². The lowest BCUT2D eigenvalue weighted by Gasteiger charge is -2.32. The average molecular weight is 353 g/mol. The normalized spacial score (nSPS) is 11.2. The minimum Gasteiger partial charge on any atom is -0.478 e. The van der Waals surface area contributed by atoms with E-state index in [1.807, 2.05) is 18.2 Å². The number of carboxylic acids is 1. The first-order valence-electron chi connectivity index (χ1n) is 9.16. The van der Waals surface area contributed by atoms with E-state index in [9.17, 15) is 14.7 Å². The van der Waals surface area contributed by atoms with Crippen molar-refractivity contribution in [2.75, 3.05) is 6.54 Å². The molecule has 0 aliphatic carbocycles. The second kappa shape index (κ2) is 9.18. The topological polar surface area (TPSA) is 66.4 Å². The maximum Gasteiger partial charge on any atom is 0.335 e. The van der Waals surface area contributed by atoms with Gasteiger partial charge < -0.3 is 10.4 Å². The molecule has 0 heterocycles. The molecule has 1 amide bonds. The predicted molar refractivity (Wildman–Crippen MR) is 103 cm³/mol. The molecule has 0 saturated heterocycles. The number of rotatable bonds is 9. The predicted octanol–water partition coefficient (Wildman–Crippen LogP) is 4.19. The molecular weight excluding hydrogens is 326 g/mol. The van der Waals surface area contributed by atoms with Crippen molar-refractivity contribution in [3.05, 3.63) is 71.3 Å². The molecule has 0 spiro atoms. The Kier molecular flexibility index (Phi) is 6.96. The fraction of sp³-hybridized carbons (Fsp3) is 0.364. The van der Waals surface area contributed by atoms with E-state index in [-0.39, 0.29) is 23.3 Å². The fourth-order valence-electron chi connectivity index (χ4n) is 3.35. The molecule has 0 aliphatic rings. The monoisotopic (exact) mass is 353 g/mol. The second-order valence-electron chi connectivity index (χ2n) is 6.59. The first-order valence-corrected chi connectivity index (χ1v) is 9.16. The number of hydrogen-bond donors (Lipinski definition) is 2. The van der Waals surface area contributed by atoms with Crippen molar-refractivity contribution in [2.24, 2.45) is 0 Å². The second-order valence-corrected chi connectivity index (χ2v) is 6.59. The van der Waals surface area contributed by atoms with E-state index in [0.29, 0.717) is 18.5 Å². The summed E-state index contributed by atoms with van der Waals surface area (Å²) in [6.45, 7) is 4.88. The molecule has 2 rings (SSSR count). The summed E-state index contributed by atoms with van der Waals surface area (Å²) in [6.07, 6.45) is 2.58. The average Bonchev–Trinajstić information content (AvgIpc) is 2.68. The summed E-state index contributed by atoms with van der Waals surface area (Å²) >= 11 is 0. The summed E-state index contributed by atoms with van der Waals surface area (Å²) in [7, 11) is 0. The highest BCUT2D eigenvalue weighted by molar-refractivity contribution is 5.89. The highest BCUT2D eigenvalue weighted by Gasteiger charge is 2.28. The Morgan fingerprint density at radius 2 is 1.58 bits per heavy atom. The summed E-state index contributed by atoms with van der Waals surface area (Å²) in [5.74, 6) is -1.01. The van der Waals surface area contributed by atoms with Gasteiger partial charge in [-0.2, -0.15) is 0 Å². The highest BCUT2D eigenvalue weighted by Crippen LogP contribution is 2.30. The minimum atomic E-state index is -0.957. The van der Waals surface area contributed by atoms with E-state index in [0.717, 1.165) is 12.8 Å². The molecule has 2 N–H and O–H groups in total. The van der Waals surface area contributed by atoms with E-state index in [1.165, 1.54) is 5.56 Å². The minimum absolute atomic E-state index is 0.0487. The highest BCUT2D eigenvalue weighted by atomic mass is 16.4. The molecule has 4 nitrogen and oxygen atoms in total. The molecule has 0 fully saturated rings. The first-order chi connectivity index (χ1) is 12.5. The van der Waals surface area contributed by atoms with Crippen LogP contribution in [-0.4, -0.2) is 23.5 Å². The van der Waals surface area contributed by atoms with Gasteiger partial charge in [0.2, 0.25) is 5.91 Å². The number of nitrogens with one attached hydrogen (secondary N) is 1. The van der Waals surface area contributed by atoms with Crippen LogP contribution < -0.4 is 5.32 Å². The van der Waals surface area contributed by atoms with Crippen LogP contribution in [0.4, 0.5) is 0 Å². The molecular formula is C22H27NO3. The van der Waals surface area contributed by atoms with E-state index < -0.39 is 5.97 Å². The Balaban J connectivity index is 1.98. The molecule has 0 atom stereocenters. The van der Waals surface area contributed by atoms with Gasteiger partial charge in [-0.1, -0.05) is 62.4 Å². The van der Waals surface area contributed by atoms with E-state index >= 15 is 0 Å². The summed E-state index contributed by atoms with van der Waals surface area (Å²) < 4.78 is 0. The van der Waals surface area contributed by atoms with E-state index in [1.54, 1.807) is 24.3 Å². The fourth-order valence-corrected chi connectivity index (χ4v) is 3.35. The maximum absolute atomic E-state index is 12.3. The summed E-state index contributed by atoms with van der Waals surface area (Å²) in [5, 5.41) is 12.3. The van der Waals surface area contributed by atoms with Crippen LogP contribution in [0.5, 0.6) is 0 Å². The number of aromatic carboxylic acids is 1. The smallest absolute Gasteiger partial charge is 0.335 e. The zero-order valence-electron chi connectivity index (χ0n) is 15.5. The van der Waals surface area contributed by atoms with Crippen molar-refractivity contribution < 1.29 is 14.7 Å². The van der Waals surface area contributed by atoms with Crippen LogP contribution in [0.15, 0.2) is 54.6 Å². The largest absolute Gasteiger partial charge is 0.478 e. The van der Waals surface area contributed by atoms with Crippen LogP contribution >= 0.6 is 0 Å². The Morgan fingerprint density at radius 1 is 0.962 bits per heavy atom. The van der Waals surface area contributed by atoms with Gasteiger partial charge in [0.1, 0.15) is 0 Å². The Hall–Kier alpha value is -2.62. The number of hydrogen-bond acceptors (Lipinski definition) is 2. The van der Waals surface area contributed by atoms with Crippen LogP contribution in [0.2, 0.25) is 0 Å². The summed E-state index contributed by atoms with van der Waals surface area (Å²) in [6, 6.07) is 17.1. The zero-order chi connectivity index (χ0) is 19.0. The van der Waals surface area contributed by atoms with Gasteiger partial charge in [-0.05, 0) is 36.5 Å². The number of carboxylic acid groups (broad SMARTS) is 1. The summed E-state index contributed by atoms with van der Waals surface area (Å²) in [4.78, 5) is 23.6. The number of benzene rings is 2. The third-order valence-corrected chi connectivity index (χ3v) is 5.23. The van der Waals surface area contributed by atoms with Gasteiger partial charge in [0.25, 0.3) is 0 Å². The van der Waals surface area contributed by atoms with Crippen molar-refractivity contribution in [2.45, 2.75) is 44.9 Å². The number of carbonyl (C=O) groups excluding carboxylic acids is 1. The molecule has 0 bridgehead atoms. The standard InChI is InChI=1S/C22H27NO3/c1-3-22(4-2,18-11-6-5-7-12-18)16-23-20(24)15-14-17-10-8-9-13-19(17)21(25)26/h5-13H,3-4,14-16H2,1-2H3,(H,23,24)(H,25,26). The van der Waals surface area contributed by atoms with Crippen molar-refractivity contribution in [3.8, 4) is 0 Å². The van der Waals surface area contributed by atoms with Gasteiger partial charge in [0.05, 0.1) is 5.56 Å². The Morgan fingerprint density at radius 3 is 2.19 bits per heavy atom. The Labute approximate surface area is 155 Å². The van der Waals surface area contributed by atoms with Crippen molar-refractivity contribution in [3.63, 3.8) is 0 Å². The first kappa shape index (κ1) is 19.7. The quantitative estimate of drug-likeness (QED) is 0.710. The lowest BCUT2D eigenvalue weighted by Crippen LogP contribution is -2.40. The third kappa shape index (κ3) is 4.72. The molecule has 2 aromatic carbocycles. The molecule has 26 heavy (non-hydrogen) atoms. The maximum atomic E-state index is 12.3. The van der Waals surface area contributed by atoms with E-state index in [4.69, 9.17) is 0 Å². The van der Waals surface area contributed by atoms with E-state index in [2.05, 4.69) is 31.3 Å². The molecule has 0 saturated carbocycles. The SMILES string of the molecule is CCC(CC)(CNC(=O)CCc1ccccc1C(=O)O)c1ccccc1. The molecule has 138 valence electrons. The van der Waals surface area contributed by atoms with Crippen LogP contribution in [0.25, 0.3) is 0 Å². The lowest BCUT2D eigenvalue weighted by molar-refractivity contribution is -0.121. The van der Waals surface area contributed by atoms with Gasteiger partial charge in [-0.15, -0.1) is 0 Å². The Bertz CT molecular complexity index is 736. The van der Waals surface area contributed by atoms with Gasteiger partial charge in [0, 0.05) is 18.4 Å². The van der Waals surface area contributed by atoms with Crippen molar-refractivity contribution in [1.29, 1.82) is 0 Å². The molecule has 4 heteroatoms. The molecule has 0 radical (unpaired) electrons. The lowest BCUT2D eigenvalue weighted by atomic mass is 9.76. The van der Waals surface area contributed by atoms with Crippen LogP contribution in [0, 0.1) is 0 Å². The van der Waals surface area contributed by atoms with Gasteiger partial charge in [0.15, 0.2) is 0 Å². The molecule has 2 aromatic rings. The molecule has 0 aliphatic heterocycles. The van der Waals surface area contributed by atoms with Crippen LogP contribution in [0.3, 0.4) is 0 Å². The van der Waals surface area contributed by atoms with Crippen LogP contribution in [0.1, 0.15) is 54.6 Å². The van der Waals surface area contributed by atoms with Crippen LogP contribution in [-0.2, 0) is 16.6 Å². The molecule has 0 aromatic heterocycles. The number of amides is 1. The van der Waals surface area contributed by atoms with Gasteiger partial charge in [-0.25, -0.2) is 4.79 Å². The molecule has 0 unspecified atom stereocenters. The zero-order valence-corrected chi connectivity index (χ0v) is 15.5. The number of aryl methyl sites for hydroxylation is 1. The summed E-state index contributed by atoms with van der Waals surface area (Å²) in [5.41, 5.74) is 2.12. The number of carbonyl (C=O) groups is 2. The van der Waals surface area contributed by atoms with Crippen molar-refractivity contribution >= 4 is 11.9 Å².